The van der Waals surface area contributed by atoms with Crippen LogP contribution in [-0.4, -0.2) is 33.5 Å². The van der Waals surface area contributed by atoms with Gasteiger partial charge in [0.25, 0.3) is 5.91 Å². The van der Waals surface area contributed by atoms with Crippen LogP contribution in [0.15, 0.2) is 47.3 Å². The number of rotatable bonds is 6. The molecule has 0 aliphatic heterocycles. The summed E-state index contributed by atoms with van der Waals surface area (Å²) in [5, 5.41) is 4.51. The first-order valence-corrected chi connectivity index (χ1v) is 9.39. The smallest absolute Gasteiger partial charge is 0.294 e. The number of thioether (sulfide) groups is 1. The molecule has 0 N–H and O–H groups in total. The second-order valence-electron chi connectivity index (χ2n) is 5.50. The molecule has 3 heterocycles. The van der Waals surface area contributed by atoms with Gasteiger partial charge in [0, 0.05) is 12.7 Å². The van der Waals surface area contributed by atoms with Crippen molar-refractivity contribution in [3.05, 3.63) is 60.1 Å². The lowest BCUT2D eigenvalue weighted by Gasteiger charge is -2.18. The summed E-state index contributed by atoms with van der Waals surface area (Å²) in [6.07, 6.45) is 7.29. The Morgan fingerprint density at radius 3 is 2.88 bits per heavy atom. The van der Waals surface area contributed by atoms with E-state index in [1.807, 2.05) is 44.5 Å². The van der Waals surface area contributed by atoms with Crippen LogP contribution in [0.4, 0.5) is 5.69 Å². The van der Waals surface area contributed by atoms with Crippen molar-refractivity contribution in [1.29, 1.82) is 0 Å². The number of aromatic nitrogens is 3. The fourth-order valence-corrected chi connectivity index (χ4v) is 3.05. The quantitative estimate of drug-likeness (QED) is 0.674. The van der Waals surface area contributed by atoms with E-state index in [9.17, 15) is 4.79 Å². The fourth-order valence-electron chi connectivity index (χ4n) is 2.61. The van der Waals surface area contributed by atoms with Crippen molar-refractivity contribution in [3.63, 3.8) is 0 Å². The summed E-state index contributed by atoms with van der Waals surface area (Å²) in [6.45, 7) is 4.35. The molecule has 6 nitrogen and oxygen atoms in total. The third-order valence-electron chi connectivity index (χ3n) is 3.79. The van der Waals surface area contributed by atoms with E-state index in [0.29, 0.717) is 12.3 Å². The van der Waals surface area contributed by atoms with E-state index in [4.69, 9.17) is 4.42 Å². The lowest BCUT2D eigenvalue weighted by atomic mass is 10.3. The van der Waals surface area contributed by atoms with E-state index in [-0.39, 0.29) is 5.91 Å². The number of hydrogen-bond acceptors (Lipinski definition) is 5. The Bertz CT molecular complexity index is 857. The van der Waals surface area contributed by atoms with Crippen molar-refractivity contribution in [2.75, 3.05) is 17.7 Å². The SMILES string of the molecule is CCN(C(=O)c1ccc(CSC)o1)c1cn(-c2cccnc2)nc1C. The summed E-state index contributed by atoms with van der Waals surface area (Å²) in [5.41, 5.74) is 2.38. The fraction of sp³-hybridized carbons (Fsp3) is 0.278. The molecule has 0 saturated carbocycles. The van der Waals surface area contributed by atoms with Crippen LogP contribution >= 0.6 is 11.8 Å². The first-order chi connectivity index (χ1) is 12.1. The zero-order valence-corrected chi connectivity index (χ0v) is 15.3. The molecule has 1 amide bonds. The number of aryl methyl sites for hydroxylation is 1. The third-order valence-corrected chi connectivity index (χ3v) is 4.37. The summed E-state index contributed by atoms with van der Waals surface area (Å²) in [4.78, 5) is 18.7. The molecule has 0 aliphatic carbocycles. The highest BCUT2D eigenvalue weighted by molar-refractivity contribution is 7.97. The molecule has 130 valence electrons. The van der Waals surface area contributed by atoms with Gasteiger partial charge in [0.1, 0.15) is 5.76 Å². The van der Waals surface area contributed by atoms with Crippen LogP contribution in [0.2, 0.25) is 0 Å². The van der Waals surface area contributed by atoms with Gasteiger partial charge in [0.2, 0.25) is 0 Å². The van der Waals surface area contributed by atoms with Gasteiger partial charge in [0.05, 0.1) is 35.2 Å². The Hall–Kier alpha value is -2.54. The molecule has 3 rings (SSSR count). The second-order valence-corrected chi connectivity index (χ2v) is 6.37. The van der Waals surface area contributed by atoms with E-state index in [2.05, 4.69) is 10.1 Å². The third kappa shape index (κ3) is 3.61. The van der Waals surface area contributed by atoms with Gasteiger partial charge < -0.3 is 9.32 Å². The van der Waals surface area contributed by atoms with Crippen LogP contribution < -0.4 is 4.90 Å². The minimum Gasteiger partial charge on any atom is -0.455 e. The van der Waals surface area contributed by atoms with Crippen molar-refractivity contribution < 1.29 is 9.21 Å². The summed E-state index contributed by atoms with van der Waals surface area (Å²) in [6, 6.07) is 7.36. The number of carbonyl (C=O) groups excluding carboxylic acids is 1. The largest absolute Gasteiger partial charge is 0.455 e. The van der Waals surface area contributed by atoms with Crippen molar-refractivity contribution >= 4 is 23.4 Å². The molecule has 0 aliphatic rings. The van der Waals surface area contributed by atoms with Crippen molar-refractivity contribution in [2.24, 2.45) is 0 Å². The van der Waals surface area contributed by atoms with Crippen molar-refractivity contribution in [1.82, 2.24) is 14.8 Å². The number of pyridine rings is 1. The molecular weight excluding hydrogens is 336 g/mol. The van der Waals surface area contributed by atoms with Crippen LogP contribution in [0, 0.1) is 6.92 Å². The van der Waals surface area contributed by atoms with E-state index in [0.717, 1.165) is 28.6 Å². The van der Waals surface area contributed by atoms with Gasteiger partial charge in [-0.3, -0.25) is 9.78 Å². The Morgan fingerprint density at radius 1 is 1.36 bits per heavy atom. The summed E-state index contributed by atoms with van der Waals surface area (Å²) < 4.78 is 7.40. The molecule has 7 heteroatoms. The van der Waals surface area contributed by atoms with Crippen molar-refractivity contribution in [2.45, 2.75) is 19.6 Å². The summed E-state index contributed by atoms with van der Waals surface area (Å²) in [7, 11) is 0. The number of furan rings is 1. The lowest BCUT2D eigenvalue weighted by molar-refractivity contribution is 0.0960. The van der Waals surface area contributed by atoms with Gasteiger partial charge in [-0.15, -0.1) is 0 Å². The average molecular weight is 356 g/mol. The minimum atomic E-state index is -0.163. The van der Waals surface area contributed by atoms with E-state index >= 15 is 0 Å². The van der Waals surface area contributed by atoms with E-state index in [1.165, 1.54) is 0 Å². The zero-order valence-electron chi connectivity index (χ0n) is 14.5. The van der Waals surface area contributed by atoms with Crippen LogP contribution in [0.5, 0.6) is 0 Å². The maximum Gasteiger partial charge on any atom is 0.294 e. The molecule has 3 aromatic heterocycles. The molecular formula is C18H20N4O2S. The Kier molecular flexibility index (Phi) is 5.23. The molecule has 0 unspecified atom stereocenters. The van der Waals surface area contributed by atoms with Crippen LogP contribution in [0.3, 0.4) is 0 Å². The molecule has 0 atom stereocenters. The molecule has 0 fully saturated rings. The normalized spacial score (nSPS) is 10.8. The Labute approximate surface area is 150 Å². The monoisotopic (exact) mass is 356 g/mol. The molecule has 0 spiro atoms. The average Bonchev–Trinajstić information content (AvgIpc) is 3.24. The topological polar surface area (TPSA) is 64.2 Å². The highest BCUT2D eigenvalue weighted by Crippen LogP contribution is 2.24. The number of nitrogens with zero attached hydrogens (tertiary/aromatic N) is 4. The predicted molar refractivity (Wildman–Crippen MR) is 99.4 cm³/mol. The van der Waals surface area contributed by atoms with Crippen molar-refractivity contribution in [3.8, 4) is 5.69 Å². The van der Waals surface area contributed by atoms with E-state index in [1.54, 1.807) is 39.8 Å². The first kappa shape index (κ1) is 17.3. The van der Waals surface area contributed by atoms with Crippen LogP contribution in [0.1, 0.15) is 28.9 Å². The maximum atomic E-state index is 12.9. The van der Waals surface area contributed by atoms with Gasteiger partial charge in [-0.1, -0.05) is 0 Å². The van der Waals surface area contributed by atoms with Gasteiger partial charge in [-0.25, -0.2) is 4.68 Å². The number of hydrogen-bond donors (Lipinski definition) is 0. The Balaban J connectivity index is 1.90. The number of carbonyl (C=O) groups is 1. The highest BCUT2D eigenvalue weighted by Gasteiger charge is 2.23. The van der Waals surface area contributed by atoms with Crippen LogP contribution in [0.25, 0.3) is 5.69 Å². The second kappa shape index (κ2) is 7.57. The predicted octanol–water partition coefficient (Wildman–Crippen LogP) is 3.70. The van der Waals surface area contributed by atoms with Gasteiger partial charge in [-0.2, -0.15) is 16.9 Å². The molecule has 3 aromatic rings. The van der Waals surface area contributed by atoms with E-state index < -0.39 is 0 Å². The number of anilines is 1. The molecule has 0 saturated heterocycles. The number of amides is 1. The molecule has 0 aromatic carbocycles. The van der Waals surface area contributed by atoms with Gasteiger partial charge in [-0.05, 0) is 44.4 Å². The minimum absolute atomic E-state index is 0.163. The standard InChI is InChI=1S/C18H20N4O2S/c1-4-21(18(23)17-8-7-15(24-17)12-25-3)16-11-22(20-13(16)2)14-6-5-9-19-10-14/h5-11H,4,12H2,1-3H3. The maximum absolute atomic E-state index is 12.9. The molecule has 0 radical (unpaired) electrons. The van der Waals surface area contributed by atoms with Gasteiger partial charge in [0.15, 0.2) is 5.76 Å². The van der Waals surface area contributed by atoms with Gasteiger partial charge >= 0.3 is 0 Å². The highest BCUT2D eigenvalue weighted by atomic mass is 32.2. The molecule has 0 bridgehead atoms. The van der Waals surface area contributed by atoms with Crippen LogP contribution in [-0.2, 0) is 5.75 Å². The Morgan fingerprint density at radius 2 is 2.20 bits per heavy atom. The first-order valence-electron chi connectivity index (χ1n) is 8.00. The zero-order chi connectivity index (χ0) is 17.8. The summed E-state index contributed by atoms with van der Waals surface area (Å²) >= 11 is 1.66. The lowest BCUT2D eigenvalue weighted by Crippen LogP contribution is -2.30. The summed E-state index contributed by atoms with van der Waals surface area (Å²) in [5.74, 6) is 1.73. The molecule has 25 heavy (non-hydrogen) atoms.